The van der Waals surface area contributed by atoms with Gasteiger partial charge in [-0.2, -0.15) is 0 Å². The van der Waals surface area contributed by atoms with Crippen LogP contribution in [0.2, 0.25) is 0 Å². The first-order chi connectivity index (χ1) is 13.4. The van der Waals surface area contributed by atoms with Gasteiger partial charge < -0.3 is 10.1 Å². The lowest BCUT2D eigenvalue weighted by Crippen LogP contribution is -2.42. The van der Waals surface area contributed by atoms with Crippen molar-refractivity contribution in [3.63, 3.8) is 0 Å². The zero-order chi connectivity index (χ0) is 20.1. The van der Waals surface area contributed by atoms with Gasteiger partial charge in [0.1, 0.15) is 12.6 Å². The van der Waals surface area contributed by atoms with E-state index in [4.69, 9.17) is 4.74 Å². The normalized spacial score (nSPS) is 11.8. The largest absolute Gasteiger partial charge is 0.459 e. The van der Waals surface area contributed by atoms with E-state index in [1.54, 1.807) is 0 Å². The molecule has 4 heteroatoms. The van der Waals surface area contributed by atoms with Crippen LogP contribution in [-0.2, 0) is 27.4 Å². The topological polar surface area (TPSA) is 55.4 Å². The molecule has 0 saturated heterocycles. The number of benzene rings is 3. The summed E-state index contributed by atoms with van der Waals surface area (Å²) in [6.07, 6.45) is 0.385. The third-order valence-electron chi connectivity index (χ3n) is 4.58. The standard InChI is InChI=1S/C24H25NO3/c1-16-10-17(2)12-20(11-16)15-28-24(27)23(25-18(3)26)14-19-8-9-21-6-4-5-7-22(21)13-19/h4-13,23H,14-15H2,1-3H3,(H,25,26)/t23-/m0/s1. The third kappa shape index (κ3) is 5.19. The molecule has 0 aliphatic carbocycles. The quantitative estimate of drug-likeness (QED) is 0.656. The molecule has 0 aromatic heterocycles. The SMILES string of the molecule is CC(=O)N[C@@H](Cc1ccc2ccccc2c1)C(=O)OCc1cc(C)cc(C)c1. The average molecular weight is 375 g/mol. The number of fused-ring (bicyclic) bond motifs is 1. The highest BCUT2D eigenvalue weighted by Crippen LogP contribution is 2.17. The van der Waals surface area contributed by atoms with E-state index in [1.165, 1.54) is 6.92 Å². The Morgan fingerprint density at radius 2 is 1.57 bits per heavy atom. The Morgan fingerprint density at radius 3 is 2.25 bits per heavy atom. The fourth-order valence-corrected chi connectivity index (χ4v) is 3.45. The average Bonchev–Trinajstić information content (AvgIpc) is 2.64. The second-order valence-corrected chi connectivity index (χ2v) is 7.24. The van der Waals surface area contributed by atoms with Crippen molar-refractivity contribution in [3.05, 3.63) is 82.9 Å². The van der Waals surface area contributed by atoms with Gasteiger partial charge in [-0.25, -0.2) is 4.79 Å². The lowest BCUT2D eigenvalue weighted by Gasteiger charge is -2.17. The highest BCUT2D eigenvalue weighted by atomic mass is 16.5. The Balaban J connectivity index is 1.72. The van der Waals surface area contributed by atoms with Gasteiger partial charge in [0.05, 0.1) is 0 Å². The van der Waals surface area contributed by atoms with Crippen LogP contribution >= 0.6 is 0 Å². The number of rotatable bonds is 6. The summed E-state index contributed by atoms with van der Waals surface area (Å²) in [5.41, 5.74) is 4.17. The summed E-state index contributed by atoms with van der Waals surface area (Å²) in [7, 11) is 0. The fourth-order valence-electron chi connectivity index (χ4n) is 3.45. The number of hydrogen-bond acceptors (Lipinski definition) is 3. The van der Waals surface area contributed by atoms with Gasteiger partial charge in [-0.3, -0.25) is 4.79 Å². The Labute approximate surface area is 165 Å². The van der Waals surface area contributed by atoms with E-state index in [1.807, 2.05) is 68.4 Å². The van der Waals surface area contributed by atoms with Crippen LogP contribution in [0.5, 0.6) is 0 Å². The van der Waals surface area contributed by atoms with Crippen LogP contribution in [0.25, 0.3) is 10.8 Å². The van der Waals surface area contributed by atoms with E-state index < -0.39 is 12.0 Å². The molecule has 3 aromatic carbocycles. The number of carbonyl (C=O) groups is 2. The summed E-state index contributed by atoms with van der Waals surface area (Å²) in [4.78, 5) is 24.3. The van der Waals surface area contributed by atoms with Gasteiger partial charge in [0.25, 0.3) is 0 Å². The molecule has 0 unspecified atom stereocenters. The third-order valence-corrected chi connectivity index (χ3v) is 4.58. The minimum Gasteiger partial charge on any atom is -0.459 e. The molecule has 0 spiro atoms. The van der Waals surface area contributed by atoms with Gasteiger partial charge in [-0.05, 0) is 35.7 Å². The monoisotopic (exact) mass is 375 g/mol. The van der Waals surface area contributed by atoms with Gasteiger partial charge >= 0.3 is 5.97 Å². The second-order valence-electron chi connectivity index (χ2n) is 7.24. The lowest BCUT2D eigenvalue weighted by atomic mass is 10.0. The van der Waals surface area contributed by atoms with E-state index >= 15 is 0 Å². The molecule has 28 heavy (non-hydrogen) atoms. The highest BCUT2D eigenvalue weighted by molar-refractivity contribution is 5.85. The number of aryl methyl sites for hydroxylation is 2. The Hall–Kier alpha value is -3.14. The molecule has 0 bridgehead atoms. The maximum atomic E-state index is 12.7. The van der Waals surface area contributed by atoms with Crippen LogP contribution < -0.4 is 5.32 Å². The van der Waals surface area contributed by atoms with Gasteiger partial charge in [0.2, 0.25) is 5.91 Å². The lowest BCUT2D eigenvalue weighted by molar-refractivity contribution is -0.149. The molecule has 0 saturated carbocycles. The molecule has 144 valence electrons. The van der Waals surface area contributed by atoms with Crippen LogP contribution in [0.1, 0.15) is 29.2 Å². The van der Waals surface area contributed by atoms with Crippen molar-refractivity contribution in [2.45, 2.75) is 39.8 Å². The molecule has 0 fully saturated rings. The van der Waals surface area contributed by atoms with Gasteiger partial charge in [0.15, 0.2) is 0 Å². The Bertz CT molecular complexity index is 989. The molecule has 1 atom stereocenters. The molecular weight excluding hydrogens is 350 g/mol. The summed E-state index contributed by atoms with van der Waals surface area (Å²) >= 11 is 0. The van der Waals surface area contributed by atoms with Crippen molar-refractivity contribution >= 4 is 22.6 Å². The summed E-state index contributed by atoms with van der Waals surface area (Å²) in [5, 5.41) is 4.96. The van der Waals surface area contributed by atoms with Crippen molar-refractivity contribution in [2.24, 2.45) is 0 Å². The van der Waals surface area contributed by atoms with Crippen molar-refractivity contribution in [2.75, 3.05) is 0 Å². The van der Waals surface area contributed by atoms with E-state index in [0.29, 0.717) is 6.42 Å². The molecule has 0 aliphatic heterocycles. The molecule has 3 aromatic rings. The second kappa shape index (κ2) is 8.70. The van der Waals surface area contributed by atoms with Gasteiger partial charge in [-0.15, -0.1) is 0 Å². The molecule has 0 heterocycles. The first kappa shape index (κ1) is 19.6. The summed E-state index contributed by atoms with van der Waals surface area (Å²) in [6.45, 7) is 5.62. The van der Waals surface area contributed by atoms with E-state index in [9.17, 15) is 9.59 Å². The number of amides is 1. The number of nitrogens with one attached hydrogen (secondary N) is 1. The molecular formula is C24H25NO3. The highest BCUT2D eigenvalue weighted by Gasteiger charge is 2.22. The Kier molecular flexibility index (Phi) is 6.09. The number of hydrogen-bond donors (Lipinski definition) is 1. The molecule has 1 amide bonds. The number of ether oxygens (including phenoxy) is 1. The first-order valence-corrected chi connectivity index (χ1v) is 9.39. The fraction of sp³-hybridized carbons (Fsp3) is 0.250. The smallest absolute Gasteiger partial charge is 0.329 e. The molecule has 4 nitrogen and oxygen atoms in total. The Morgan fingerprint density at radius 1 is 0.893 bits per heavy atom. The predicted octanol–water partition coefficient (Wildman–Crippen LogP) is 4.25. The van der Waals surface area contributed by atoms with Crippen molar-refractivity contribution in [1.82, 2.24) is 5.32 Å². The summed E-state index contributed by atoms with van der Waals surface area (Å²) in [5.74, 6) is -0.684. The van der Waals surface area contributed by atoms with Crippen molar-refractivity contribution < 1.29 is 14.3 Å². The zero-order valence-electron chi connectivity index (χ0n) is 16.5. The van der Waals surface area contributed by atoms with Crippen molar-refractivity contribution in [3.8, 4) is 0 Å². The zero-order valence-corrected chi connectivity index (χ0v) is 16.5. The molecule has 1 N–H and O–H groups in total. The van der Waals surface area contributed by atoms with E-state index in [2.05, 4.69) is 11.4 Å². The van der Waals surface area contributed by atoms with Crippen LogP contribution in [0.4, 0.5) is 0 Å². The van der Waals surface area contributed by atoms with Crippen molar-refractivity contribution in [1.29, 1.82) is 0 Å². The molecule has 3 rings (SSSR count). The first-order valence-electron chi connectivity index (χ1n) is 9.39. The van der Waals surface area contributed by atoms with Crippen LogP contribution in [0.15, 0.2) is 60.7 Å². The predicted molar refractivity (Wildman–Crippen MR) is 111 cm³/mol. The van der Waals surface area contributed by atoms with Crippen LogP contribution in [0.3, 0.4) is 0 Å². The maximum absolute atomic E-state index is 12.7. The maximum Gasteiger partial charge on any atom is 0.329 e. The van der Waals surface area contributed by atoms with E-state index in [-0.39, 0.29) is 12.5 Å². The van der Waals surface area contributed by atoms with E-state index in [0.717, 1.165) is 33.0 Å². The molecule has 0 aliphatic rings. The van der Waals surface area contributed by atoms with Crippen LogP contribution in [0, 0.1) is 13.8 Å². The minimum absolute atomic E-state index is 0.190. The molecule has 0 radical (unpaired) electrons. The number of carbonyl (C=O) groups excluding carboxylic acids is 2. The van der Waals surface area contributed by atoms with Gasteiger partial charge in [-0.1, -0.05) is 71.8 Å². The summed E-state index contributed by atoms with van der Waals surface area (Å²) < 4.78 is 5.51. The number of esters is 1. The van der Waals surface area contributed by atoms with Gasteiger partial charge in [0, 0.05) is 13.3 Å². The summed E-state index contributed by atoms with van der Waals surface area (Å²) in [6, 6.07) is 19.4. The van der Waals surface area contributed by atoms with Crippen LogP contribution in [-0.4, -0.2) is 17.9 Å². The minimum atomic E-state index is -0.718.